The summed E-state index contributed by atoms with van der Waals surface area (Å²) in [5.74, 6) is 0. The molecule has 0 bridgehead atoms. The third-order valence-electron chi connectivity index (χ3n) is 3.65. The Morgan fingerprint density at radius 3 is 2.67 bits per heavy atom. The maximum absolute atomic E-state index is 5.83. The number of nitrogens with two attached hydrogens (primary N) is 1. The Balaban J connectivity index is 2.06. The average Bonchev–Trinajstić information content (AvgIpc) is 2.40. The van der Waals surface area contributed by atoms with Crippen LogP contribution in [-0.4, -0.2) is 25.8 Å². The van der Waals surface area contributed by atoms with Crippen LogP contribution in [-0.2, 0) is 11.3 Å². The van der Waals surface area contributed by atoms with Crippen LogP contribution < -0.4 is 10.6 Å². The van der Waals surface area contributed by atoms with Crippen LogP contribution in [0.5, 0.6) is 0 Å². The molecular weight excluding hydrogens is 224 g/mol. The number of ether oxygens (including phenoxy) is 1. The second kappa shape index (κ2) is 6.21. The van der Waals surface area contributed by atoms with Gasteiger partial charge in [-0.15, -0.1) is 0 Å². The van der Waals surface area contributed by atoms with Crippen molar-refractivity contribution in [2.75, 3.05) is 24.6 Å². The van der Waals surface area contributed by atoms with Gasteiger partial charge in [0.1, 0.15) is 0 Å². The van der Waals surface area contributed by atoms with Crippen LogP contribution in [0.2, 0.25) is 0 Å². The zero-order valence-electron chi connectivity index (χ0n) is 11.5. The minimum Gasteiger partial charge on any atom is -0.378 e. The Morgan fingerprint density at radius 2 is 2.06 bits per heavy atom. The summed E-state index contributed by atoms with van der Waals surface area (Å²) in [6.07, 6.45) is 2.68. The topological polar surface area (TPSA) is 38.5 Å². The number of hydrogen-bond acceptors (Lipinski definition) is 3. The maximum atomic E-state index is 5.83. The van der Waals surface area contributed by atoms with Crippen LogP contribution in [0.1, 0.15) is 30.9 Å². The first-order chi connectivity index (χ1) is 8.74. The van der Waals surface area contributed by atoms with Gasteiger partial charge in [-0.1, -0.05) is 12.1 Å². The Hall–Kier alpha value is -1.06. The molecule has 3 nitrogen and oxygen atoms in total. The molecule has 0 radical (unpaired) electrons. The zero-order valence-corrected chi connectivity index (χ0v) is 11.5. The van der Waals surface area contributed by atoms with Crippen molar-refractivity contribution in [2.45, 2.75) is 39.3 Å². The van der Waals surface area contributed by atoms with Gasteiger partial charge in [-0.2, -0.15) is 0 Å². The Kier molecular flexibility index (Phi) is 4.61. The van der Waals surface area contributed by atoms with Crippen molar-refractivity contribution in [2.24, 2.45) is 5.73 Å². The first-order valence-corrected chi connectivity index (χ1v) is 6.90. The van der Waals surface area contributed by atoms with E-state index in [-0.39, 0.29) is 0 Å². The largest absolute Gasteiger partial charge is 0.378 e. The molecule has 1 aromatic carbocycles. The molecule has 0 atom stereocenters. The van der Waals surface area contributed by atoms with Crippen molar-refractivity contribution in [3.8, 4) is 0 Å². The van der Waals surface area contributed by atoms with E-state index in [9.17, 15) is 0 Å². The highest BCUT2D eigenvalue weighted by Gasteiger charge is 2.20. The fraction of sp³-hybridized carbons (Fsp3) is 0.600. The molecule has 2 N–H and O–H groups in total. The van der Waals surface area contributed by atoms with Crippen molar-refractivity contribution in [3.05, 3.63) is 29.3 Å². The summed E-state index contributed by atoms with van der Waals surface area (Å²) < 4.78 is 5.70. The van der Waals surface area contributed by atoms with E-state index in [1.54, 1.807) is 0 Å². The minimum absolute atomic E-state index is 0.442. The maximum Gasteiger partial charge on any atom is 0.0608 e. The lowest BCUT2D eigenvalue weighted by molar-refractivity contribution is 0.0459. The van der Waals surface area contributed by atoms with Crippen LogP contribution in [0.15, 0.2) is 18.2 Å². The van der Waals surface area contributed by atoms with Gasteiger partial charge in [-0.3, -0.25) is 0 Å². The molecule has 0 aromatic heterocycles. The van der Waals surface area contributed by atoms with E-state index in [1.165, 1.54) is 16.8 Å². The van der Waals surface area contributed by atoms with Crippen LogP contribution >= 0.6 is 0 Å². The van der Waals surface area contributed by atoms with Gasteiger partial charge in [-0.25, -0.2) is 0 Å². The van der Waals surface area contributed by atoms with Crippen molar-refractivity contribution >= 4 is 5.69 Å². The highest BCUT2D eigenvalue weighted by atomic mass is 16.5. The minimum atomic E-state index is 0.442. The van der Waals surface area contributed by atoms with Gasteiger partial charge in [-0.05, 0) is 43.9 Å². The zero-order chi connectivity index (χ0) is 13.0. The average molecular weight is 248 g/mol. The monoisotopic (exact) mass is 248 g/mol. The number of piperidine rings is 1. The van der Waals surface area contributed by atoms with Gasteiger partial charge in [0, 0.05) is 31.9 Å². The van der Waals surface area contributed by atoms with Gasteiger partial charge in [0.15, 0.2) is 0 Å². The predicted octanol–water partition coefficient (Wildman–Crippen LogP) is 2.46. The number of nitrogens with zero attached hydrogens (tertiary/aromatic N) is 1. The second-order valence-corrected chi connectivity index (χ2v) is 4.98. The number of aryl methyl sites for hydroxylation is 1. The van der Waals surface area contributed by atoms with Crippen molar-refractivity contribution in [3.63, 3.8) is 0 Å². The fourth-order valence-electron chi connectivity index (χ4n) is 2.64. The molecule has 0 saturated carbocycles. The van der Waals surface area contributed by atoms with E-state index in [4.69, 9.17) is 10.5 Å². The normalized spacial score (nSPS) is 17.2. The molecule has 1 aromatic rings. The molecule has 2 rings (SSSR count). The van der Waals surface area contributed by atoms with Crippen LogP contribution in [0, 0.1) is 6.92 Å². The number of hydrogen-bond donors (Lipinski definition) is 1. The van der Waals surface area contributed by atoms with Crippen molar-refractivity contribution < 1.29 is 4.74 Å². The third kappa shape index (κ3) is 3.03. The Morgan fingerprint density at radius 1 is 1.33 bits per heavy atom. The summed E-state index contributed by atoms with van der Waals surface area (Å²) in [6.45, 7) is 7.78. The first kappa shape index (κ1) is 13.4. The summed E-state index contributed by atoms with van der Waals surface area (Å²) in [5.41, 5.74) is 9.69. The highest BCUT2D eigenvalue weighted by Crippen LogP contribution is 2.26. The van der Waals surface area contributed by atoms with E-state index in [1.807, 2.05) is 0 Å². The molecule has 0 spiro atoms. The molecule has 1 heterocycles. The van der Waals surface area contributed by atoms with E-state index in [0.717, 1.165) is 32.5 Å². The molecule has 0 amide bonds. The summed E-state index contributed by atoms with van der Waals surface area (Å²) in [4.78, 5) is 2.45. The highest BCUT2D eigenvalue weighted by molar-refractivity contribution is 5.55. The predicted molar refractivity (Wildman–Crippen MR) is 75.9 cm³/mol. The number of rotatable bonds is 4. The molecule has 1 saturated heterocycles. The summed E-state index contributed by atoms with van der Waals surface area (Å²) in [5, 5.41) is 0. The third-order valence-corrected chi connectivity index (χ3v) is 3.65. The second-order valence-electron chi connectivity index (χ2n) is 4.98. The van der Waals surface area contributed by atoms with E-state index in [0.29, 0.717) is 12.6 Å². The fourth-order valence-corrected chi connectivity index (χ4v) is 2.64. The molecule has 1 aliphatic heterocycles. The van der Waals surface area contributed by atoms with Crippen LogP contribution in [0.3, 0.4) is 0 Å². The summed E-state index contributed by atoms with van der Waals surface area (Å²) >= 11 is 0. The van der Waals surface area contributed by atoms with Gasteiger partial charge in [0.05, 0.1) is 6.10 Å². The van der Waals surface area contributed by atoms with Gasteiger partial charge >= 0.3 is 0 Å². The van der Waals surface area contributed by atoms with Gasteiger partial charge in [0.25, 0.3) is 0 Å². The van der Waals surface area contributed by atoms with Crippen LogP contribution in [0.4, 0.5) is 5.69 Å². The lowest BCUT2D eigenvalue weighted by Crippen LogP contribution is -2.37. The number of anilines is 1. The van der Waals surface area contributed by atoms with Gasteiger partial charge in [0.2, 0.25) is 0 Å². The molecule has 18 heavy (non-hydrogen) atoms. The van der Waals surface area contributed by atoms with Crippen molar-refractivity contribution in [1.29, 1.82) is 0 Å². The Bertz CT molecular complexity index is 384. The van der Waals surface area contributed by atoms with E-state index >= 15 is 0 Å². The molecule has 3 heteroatoms. The standard InChI is InChI=1S/C15H24N2O/c1-3-18-14-6-8-17(9-7-14)15-10-12(2)4-5-13(15)11-16/h4-5,10,14H,3,6-9,11,16H2,1-2H3. The lowest BCUT2D eigenvalue weighted by atomic mass is 10.0. The summed E-state index contributed by atoms with van der Waals surface area (Å²) in [7, 11) is 0. The smallest absolute Gasteiger partial charge is 0.0608 e. The molecule has 1 fully saturated rings. The van der Waals surface area contributed by atoms with E-state index in [2.05, 4.69) is 36.9 Å². The first-order valence-electron chi connectivity index (χ1n) is 6.90. The van der Waals surface area contributed by atoms with Crippen molar-refractivity contribution in [1.82, 2.24) is 0 Å². The summed E-state index contributed by atoms with van der Waals surface area (Å²) in [6, 6.07) is 6.54. The SMILES string of the molecule is CCOC1CCN(c2cc(C)ccc2CN)CC1. The lowest BCUT2D eigenvalue weighted by Gasteiger charge is -2.34. The number of benzene rings is 1. The quantitative estimate of drug-likeness (QED) is 0.889. The molecule has 0 unspecified atom stereocenters. The van der Waals surface area contributed by atoms with Gasteiger partial charge < -0.3 is 15.4 Å². The van der Waals surface area contributed by atoms with E-state index < -0.39 is 0 Å². The molecule has 1 aliphatic rings. The molecule has 100 valence electrons. The molecular formula is C15H24N2O. The van der Waals surface area contributed by atoms with Crippen LogP contribution in [0.25, 0.3) is 0 Å². The Labute approximate surface area is 110 Å². The molecule has 0 aliphatic carbocycles.